The molecule has 6 rings (SSSR count). The molecule has 0 spiro atoms. The first-order valence-corrected chi connectivity index (χ1v) is 22.0. The van der Waals surface area contributed by atoms with E-state index in [4.69, 9.17) is 9.47 Å². The molecule has 3 aliphatic rings. The van der Waals surface area contributed by atoms with Crippen LogP contribution in [0, 0.1) is 23.7 Å². The highest BCUT2D eigenvalue weighted by Crippen LogP contribution is 2.32. The van der Waals surface area contributed by atoms with Crippen molar-refractivity contribution in [2.24, 2.45) is 38.9 Å². The van der Waals surface area contributed by atoms with Gasteiger partial charge in [-0.15, -0.1) is 5.11 Å². The standard InChI is InChI=1S/C49H62N6O7/c1-48(2,3)61-46(59)50-30-34-9-13-37(14-10-34)43(57)29-40(45(58)53-41-21-19-39(20-22-41)44-51-31-52-54-44)27-32-7-11-35(12-8-32)36-15-17-38(18-16-36)42(56)28-33-23-25-55(26-24-33)47(60)62-49(4,5)6/h7-8,11-12,15-22,33-34,37,40H,9-10,13-14,23-31H2,1-6H3,(H,50,59)(H,53,58)/t34?,37?,40-/m1/s1. The maximum Gasteiger partial charge on any atom is 0.410 e. The topological polar surface area (TPSA) is 168 Å². The van der Waals surface area contributed by atoms with Crippen LogP contribution in [0.25, 0.3) is 11.1 Å². The van der Waals surface area contributed by atoms with Gasteiger partial charge in [0.25, 0.3) is 0 Å². The van der Waals surface area contributed by atoms with Crippen LogP contribution >= 0.6 is 0 Å². The summed E-state index contributed by atoms with van der Waals surface area (Å²) in [5.41, 5.74) is 3.86. The molecule has 0 unspecified atom stereocenters. The van der Waals surface area contributed by atoms with Crippen LogP contribution in [0.15, 0.2) is 88.0 Å². The summed E-state index contributed by atoms with van der Waals surface area (Å²) < 4.78 is 10.9. The van der Waals surface area contributed by atoms with E-state index in [1.54, 1.807) is 17.0 Å². The van der Waals surface area contributed by atoms with Crippen LogP contribution in [0.3, 0.4) is 0 Å². The lowest BCUT2D eigenvalue weighted by molar-refractivity contribution is -0.129. The van der Waals surface area contributed by atoms with Crippen LogP contribution in [0.1, 0.15) is 114 Å². The number of hydrogen-bond donors (Lipinski definition) is 2. The summed E-state index contributed by atoms with van der Waals surface area (Å²) in [7, 11) is 0. The van der Waals surface area contributed by atoms with Crippen LogP contribution in [-0.2, 0) is 25.5 Å². The van der Waals surface area contributed by atoms with Crippen LogP contribution < -0.4 is 10.6 Å². The molecule has 1 atom stereocenters. The first-order valence-electron chi connectivity index (χ1n) is 22.0. The fraction of sp³-hybridized carbons (Fsp3) is 0.510. The Kier molecular flexibility index (Phi) is 15.1. The van der Waals surface area contributed by atoms with Gasteiger partial charge in [0.2, 0.25) is 5.91 Å². The molecule has 2 aliphatic heterocycles. The molecule has 0 bridgehead atoms. The van der Waals surface area contributed by atoms with E-state index in [1.807, 2.05) is 102 Å². The number of azo groups is 1. The number of amides is 3. The van der Waals surface area contributed by atoms with Crippen molar-refractivity contribution in [3.05, 3.63) is 89.5 Å². The minimum atomic E-state index is -0.595. The summed E-state index contributed by atoms with van der Waals surface area (Å²) in [6, 6.07) is 23.0. The Hall–Kier alpha value is -5.72. The normalized spacial score (nSPS) is 18.7. The molecule has 13 heteroatoms. The van der Waals surface area contributed by atoms with E-state index in [9.17, 15) is 24.0 Å². The Bertz CT molecular complexity index is 2100. The molecule has 2 N–H and O–H groups in total. The summed E-state index contributed by atoms with van der Waals surface area (Å²) in [4.78, 5) is 71.6. The number of carbonyl (C=O) groups excluding carboxylic acids is 5. The minimum absolute atomic E-state index is 0.0844. The third kappa shape index (κ3) is 13.6. The SMILES string of the molecule is CC(C)(C)OC(=O)NCC1CCC(C(=O)C[C@@H](Cc2ccc(-c3ccc(C(=O)CC4CCN(C(=O)OC(C)(C)C)CC4)cc3)cc2)C(=O)Nc2ccc(C3=NCN=N3)cc2)CC1. The molecule has 3 amide bonds. The maximum atomic E-state index is 13.9. The van der Waals surface area contributed by atoms with Crippen LogP contribution in [0.2, 0.25) is 0 Å². The summed E-state index contributed by atoms with van der Waals surface area (Å²) in [5.74, 6) is 0.256. The van der Waals surface area contributed by atoms with E-state index in [-0.39, 0.29) is 47.7 Å². The molecule has 13 nitrogen and oxygen atoms in total. The lowest BCUT2D eigenvalue weighted by Gasteiger charge is -2.33. The predicted molar refractivity (Wildman–Crippen MR) is 239 cm³/mol. The Labute approximate surface area is 365 Å². The van der Waals surface area contributed by atoms with Gasteiger partial charge in [-0.3, -0.25) is 14.4 Å². The lowest BCUT2D eigenvalue weighted by atomic mass is 9.77. The highest BCUT2D eigenvalue weighted by Gasteiger charge is 2.32. The molecular weight excluding hydrogens is 785 g/mol. The van der Waals surface area contributed by atoms with E-state index in [2.05, 4.69) is 25.9 Å². The smallest absolute Gasteiger partial charge is 0.410 e. The van der Waals surface area contributed by atoms with Crippen LogP contribution in [-0.4, -0.2) is 77.9 Å². The number of likely N-dealkylation sites (tertiary alicyclic amines) is 1. The number of amidine groups is 1. The number of nitrogens with one attached hydrogen (secondary N) is 2. The molecule has 2 heterocycles. The zero-order valence-corrected chi connectivity index (χ0v) is 37.1. The van der Waals surface area contributed by atoms with Gasteiger partial charge in [0, 0.05) is 61.1 Å². The molecular formula is C49H62N6O7. The predicted octanol–water partition coefficient (Wildman–Crippen LogP) is 9.83. The van der Waals surface area contributed by atoms with Crippen molar-refractivity contribution in [3.63, 3.8) is 0 Å². The molecule has 1 saturated heterocycles. The third-order valence-electron chi connectivity index (χ3n) is 11.6. The first-order chi connectivity index (χ1) is 29.5. The van der Waals surface area contributed by atoms with Gasteiger partial charge in [0.05, 0.1) is 0 Å². The van der Waals surface area contributed by atoms with Crippen molar-refractivity contribution in [1.82, 2.24) is 10.2 Å². The van der Waals surface area contributed by atoms with Crippen molar-refractivity contribution < 1.29 is 33.4 Å². The maximum absolute atomic E-state index is 13.9. The second kappa shape index (κ2) is 20.4. The number of nitrogens with zero attached hydrogens (tertiary/aromatic N) is 4. The van der Waals surface area contributed by atoms with Crippen molar-refractivity contribution in [1.29, 1.82) is 0 Å². The Morgan fingerprint density at radius 3 is 1.90 bits per heavy atom. The van der Waals surface area contributed by atoms with Gasteiger partial charge in [-0.25, -0.2) is 14.6 Å². The first kappa shape index (κ1) is 45.8. The Morgan fingerprint density at radius 2 is 1.32 bits per heavy atom. The number of hydrogen-bond acceptors (Lipinski definition) is 10. The largest absolute Gasteiger partial charge is 0.444 e. The summed E-state index contributed by atoms with van der Waals surface area (Å²) >= 11 is 0. The highest BCUT2D eigenvalue weighted by molar-refractivity contribution is 6.01. The van der Waals surface area contributed by atoms with Gasteiger partial charge < -0.3 is 25.0 Å². The van der Waals surface area contributed by atoms with E-state index >= 15 is 0 Å². The molecule has 1 saturated carbocycles. The molecule has 0 aromatic heterocycles. The second-order valence-corrected chi connectivity index (χ2v) is 18.9. The molecule has 0 radical (unpaired) electrons. The Morgan fingerprint density at radius 1 is 0.726 bits per heavy atom. The number of aliphatic imine (C=N–C) groups is 1. The van der Waals surface area contributed by atoms with Gasteiger partial charge >= 0.3 is 12.2 Å². The second-order valence-electron chi connectivity index (χ2n) is 18.9. The molecule has 3 aromatic carbocycles. The number of benzene rings is 3. The number of ether oxygens (including phenoxy) is 2. The summed E-state index contributed by atoms with van der Waals surface area (Å²) in [5, 5.41) is 13.9. The number of ketones is 2. The van der Waals surface area contributed by atoms with Gasteiger partial charge in [0.15, 0.2) is 18.3 Å². The number of alkyl carbamates (subject to hydrolysis) is 1. The number of anilines is 1. The number of Topliss-reactive ketones (excluding diaryl/α,β-unsaturated/α-hetero) is 2. The molecule has 2 fully saturated rings. The lowest BCUT2D eigenvalue weighted by Crippen LogP contribution is -2.42. The average molecular weight is 847 g/mol. The minimum Gasteiger partial charge on any atom is -0.444 e. The highest BCUT2D eigenvalue weighted by atomic mass is 16.6. The fourth-order valence-corrected chi connectivity index (χ4v) is 8.21. The van der Waals surface area contributed by atoms with E-state index < -0.39 is 23.2 Å². The van der Waals surface area contributed by atoms with Gasteiger partial charge in [0.1, 0.15) is 17.0 Å². The monoisotopic (exact) mass is 846 g/mol. The Balaban J connectivity index is 1.05. The third-order valence-corrected chi connectivity index (χ3v) is 11.6. The van der Waals surface area contributed by atoms with Crippen molar-refractivity contribution >= 4 is 41.2 Å². The van der Waals surface area contributed by atoms with E-state index in [0.717, 1.165) is 47.9 Å². The van der Waals surface area contributed by atoms with Crippen molar-refractivity contribution in [2.45, 2.75) is 111 Å². The zero-order chi connectivity index (χ0) is 44.4. The number of piperidine rings is 1. The summed E-state index contributed by atoms with van der Waals surface area (Å²) in [6.07, 6.45) is 4.79. The van der Waals surface area contributed by atoms with E-state index in [1.165, 1.54) is 0 Å². The molecule has 3 aromatic rings. The fourth-order valence-electron chi connectivity index (χ4n) is 8.21. The molecule has 62 heavy (non-hydrogen) atoms. The molecule has 330 valence electrons. The van der Waals surface area contributed by atoms with Gasteiger partial charge in [-0.2, -0.15) is 5.11 Å². The molecule has 1 aliphatic carbocycles. The van der Waals surface area contributed by atoms with E-state index in [0.29, 0.717) is 69.1 Å². The van der Waals surface area contributed by atoms with Crippen LogP contribution in [0.4, 0.5) is 15.3 Å². The van der Waals surface area contributed by atoms with Gasteiger partial charge in [-0.1, -0.05) is 48.5 Å². The quantitative estimate of drug-likeness (QED) is 0.152. The number of carbonyl (C=O) groups is 5. The van der Waals surface area contributed by atoms with Gasteiger partial charge in [-0.05, 0) is 139 Å². The van der Waals surface area contributed by atoms with Crippen molar-refractivity contribution in [3.8, 4) is 11.1 Å². The average Bonchev–Trinajstić information content (AvgIpc) is 3.78. The van der Waals surface area contributed by atoms with Crippen molar-refractivity contribution in [2.75, 3.05) is 31.6 Å². The number of rotatable bonds is 14. The zero-order valence-electron chi connectivity index (χ0n) is 37.1. The summed E-state index contributed by atoms with van der Waals surface area (Å²) in [6.45, 7) is 13.1. The van der Waals surface area contributed by atoms with Crippen LogP contribution in [0.5, 0.6) is 0 Å².